The van der Waals surface area contributed by atoms with Gasteiger partial charge in [0.25, 0.3) is 0 Å². The molecular formula is C7H13N3O2. The maximum Gasteiger partial charge on any atom is 0.223 e. The van der Waals surface area contributed by atoms with Crippen molar-refractivity contribution in [2.75, 3.05) is 6.54 Å². The van der Waals surface area contributed by atoms with E-state index in [-0.39, 0.29) is 6.10 Å². The van der Waals surface area contributed by atoms with Crippen molar-refractivity contribution in [3.05, 3.63) is 11.7 Å². The van der Waals surface area contributed by atoms with Crippen molar-refractivity contribution in [1.82, 2.24) is 15.5 Å². The SMILES string of the molecule is Cc1nc(CNC[C@@H](C)O)no1. The van der Waals surface area contributed by atoms with Crippen molar-refractivity contribution in [3.8, 4) is 0 Å². The second-order valence-electron chi connectivity index (χ2n) is 2.71. The first kappa shape index (κ1) is 9.15. The molecular weight excluding hydrogens is 158 g/mol. The summed E-state index contributed by atoms with van der Waals surface area (Å²) in [5.74, 6) is 1.18. The van der Waals surface area contributed by atoms with Crippen molar-refractivity contribution < 1.29 is 9.63 Å². The normalized spacial score (nSPS) is 13.2. The second kappa shape index (κ2) is 4.18. The molecule has 68 valence electrons. The zero-order chi connectivity index (χ0) is 8.97. The largest absolute Gasteiger partial charge is 0.392 e. The molecule has 2 N–H and O–H groups in total. The number of aryl methyl sites for hydroxylation is 1. The van der Waals surface area contributed by atoms with E-state index in [1.165, 1.54) is 0 Å². The lowest BCUT2D eigenvalue weighted by Gasteiger charge is -2.02. The summed E-state index contributed by atoms with van der Waals surface area (Å²) in [6.45, 7) is 4.52. The number of nitrogens with one attached hydrogen (secondary N) is 1. The third-order valence-corrected chi connectivity index (χ3v) is 1.29. The van der Waals surface area contributed by atoms with E-state index in [0.29, 0.717) is 24.8 Å². The first-order valence-corrected chi connectivity index (χ1v) is 3.86. The van der Waals surface area contributed by atoms with E-state index in [9.17, 15) is 0 Å². The first-order valence-electron chi connectivity index (χ1n) is 3.86. The van der Waals surface area contributed by atoms with E-state index in [2.05, 4.69) is 15.5 Å². The first-order chi connectivity index (χ1) is 5.68. The van der Waals surface area contributed by atoms with Gasteiger partial charge in [-0.1, -0.05) is 5.16 Å². The van der Waals surface area contributed by atoms with Gasteiger partial charge in [0.15, 0.2) is 5.82 Å². The van der Waals surface area contributed by atoms with Crippen LogP contribution in [-0.4, -0.2) is 27.9 Å². The Morgan fingerprint density at radius 3 is 2.92 bits per heavy atom. The van der Waals surface area contributed by atoms with Crippen molar-refractivity contribution in [2.24, 2.45) is 0 Å². The Morgan fingerprint density at radius 1 is 1.67 bits per heavy atom. The van der Waals surface area contributed by atoms with Crippen LogP contribution in [-0.2, 0) is 6.54 Å². The van der Waals surface area contributed by atoms with E-state index >= 15 is 0 Å². The maximum absolute atomic E-state index is 8.91. The van der Waals surface area contributed by atoms with E-state index < -0.39 is 0 Å². The molecule has 5 nitrogen and oxygen atoms in total. The molecule has 1 aromatic rings. The molecule has 0 aromatic carbocycles. The predicted molar refractivity (Wildman–Crippen MR) is 42.4 cm³/mol. The predicted octanol–water partition coefficient (Wildman–Crippen LogP) is -0.152. The Bertz CT molecular complexity index is 234. The Balaban J connectivity index is 2.24. The third kappa shape index (κ3) is 2.98. The van der Waals surface area contributed by atoms with Gasteiger partial charge in [0.05, 0.1) is 12.6 Å². The van der Waals surface area contributed by atoms with Crippen LogP contribution >= 0.6 is 0 Å². The molecule has 0 saturated carbocycles. The minimum absolute atomic E-state index is 0.349. The standard InChI is InChI=1S/C7H13N3O2/c1-5(11)3-8-4-7-9-6(2)12-10-7/h5,8,11H,3-4H2,1-2H3/t5-/m1/s1. The molecule has 0 radical (unpaired) electrons. The summed E-state index contributed by atoms with van der Waals surface area (Å²) in [5.41, 5.74) is 0. The minimum atomic E-state index is -0.349. The molecule has 1 atom stereocenters. The average molecular weight is 171 g/mol. The fraction of sp³-hybridized carbons (Fsp3) is 0.714. The highest BCUT2D eigenvalue weighted by Gasteiger charge is 2.01. The Kier molecular flexibility index (Phi) is 3.19. The number of hydrogen-bond acceptors (Lipinski definition) is 5. The molecule has 0 fully saturated rings. The van der Waals surface area contributed by atoms with E-state index in [4.69, 9.17) is 9.63 Å². The lowest BCUT2D eigenvalue weighted by Crippen LogP contribution is -2.24. The number of aromatic nitrogens is 2. The van der Waals surface area contributed by atoms with Gasteiger partial charge in [-0.2, -0.15) is 4.98 Å². The van der Waals surface area contributed by atoms with Crippen LogP contribution in [0, 0.1) is 6.92 Å². The molecule has 0 aliphatic carbocycles. The van der Waals surface area contributed by atoms with E-state index in [0.717, 1.165) is 0 Å². The summed E-state index contributed by atoms with van der Waals surface area (Å²) in [7, 11) is 0. The molecule has 0 bridgehead atoms. The summed E-state index contributed by atoms with van der Waals surface area (Å²) >= 11 is 0. The molecule has 0 aliphatic rings. The number of rotatable bonds is 4. The second-order valence-corrected chi connectivity index (χ2v) is 2.71. The van der Waals surface area contributed by atoms with Gasteiger partial charge < -0.3 is 14.9 Å². The summed E-state index contributed by atoms with van der Waals surface area (Å²) < 4.78 is 4.76. The Morgan fingerprint density at radius 2 is 2.42 bits per heavy atom. The van der Waals surface area contributed by atoms with Gasteiger partial charge >= 0.3 is 0 Å². The van der Waals surface area contributed by atoms with Gasteiger partial charge in [0.2, 0.25) is 5.89 Å². The molecule has 12 heavy (non-hydrogen) atoms. The third-order valence-electron chi connectivity index (χ3n) is 1.29. The number of aliphatic hydroxyl groups excluding tert-OH is 1. The van der Waals surface area contributed by atoms with E-state index in [1.807, 2.05) is 0 Å². The maximum atomic E-state index is 8.91. The van der Waals surface area contributed by atoms with Crippen molar-refractivity contribution >= 4 is 0 Å². The molecule has 1 heterocycles. The lowest BCUT2D eigenvalue weighted by atomic mass is 10.4. The fourth-order valence-corrected chi connectivity index (χ4v) is 0.806. The zero-order valence-corrected chi connectivity index (χ0v) is 7.24. The fourth-order valence-electron chi connectivity index (χ4n) is 0.806. The van der Waals surface area contributed by atoms with Gasteiger partial charge in [-0.3, -0.25) is 0 Å². The average Bonchev–Trinajstić information content (AvgIpc) is 2.35. The summed E-state index contributed by atoms with van der Waals surface area (Å²) in [6.07, 6.45) is -0.349. The van der Waals surface area contributed by atoms with Crippen molar-refractivity contribution in [1.29, 1.82) is 0 Å². The number of hydrogen-bond donors (Lipinski definition) is 2. The minimum Gasteiger partial charge on any atom is -0.392 e. The topological polar surface area (TPSA) is 71.2 Å². The van der Waals surface area contributed by atoms with Gasteiger partial charge in [-0.15, -0.1) is 0 Å². The lowest BCUT2D eigenvalue weighted by molar-refractivity contribution is 0.190. The van der Waals surface area contributed by atoms with Crippen LogP contribution in [0.25, 0.3) is 0 Å². The summed E-state index contributed by atoms with van der Waals surface area (Å²) in [6, 6.07) is 0. The quantitative estimate of drug-likeness (QED) is 0.659. The van der Waals surface area contributed by atoms with Gasteiger partial charge in [-0.05, 0) is 6.92 Å². The van der Waals surface area contributed by atoms with Crippen LogP contribution in [0.5, 0.6) is 0 Å². The van der Waals surface area contributed by atoms with Crippen molar-refractivity contribution in [2.45, 2.75) is 26.5 Å². The number of aliphatic hydroxyl groups is 1. The van der Waals surface area contributed by atoms with Crippen LogP contribution in [0.1, 0.15) is 18.6 Å². The van der Waals surface area contributed by atoms with Gasteiger partial charge in [-0.25, -0.2) is 0 Å². The van der Waals surface area contributed by atoms with Gasteiger partial charge in [0.1, 0.15) is 0 Å². The molecule has 0 amide bonds. The molecule has 0 spiro atoms. The van der Waals surface area contributed by atoms with Crippen LogP contribution in [0.2, 0.25) is 0 Å². The highest BCUT2D eigenvalue weighted by atomic mass is 16.5. The van der Waals surface area contributed by atoms with E-state index in [1.54, 1.807) is 13.8 Å². The molecule has 1 aromatic heterocycles. The summed E-state index contributed by atoms with van der Waals surface area (Å²) in [4.78, 5) is 3.99. The van der Waals surface area contributed by atoms with Crippen LogP contribution in [0.4, 0.5) is 0 Å². The summed E-state index contributed by atoms with van der Waals surface area (Å²) in [5, 5.41) is 15.6. The van der Waals surface area contributed by atoms with Crippen LogP contribution in [0.15, 0.2) is 4.52 Å². The highest BCUT2D eigenvalue weighted by Crippen LogP contribution is 1.93. The zero-order valence-electron chi connectivity index (χ0n) is 7.24. The van der Waals surface area contributed by atoms with Crippen LogP contribution in [0.3, 0.4) is 0 Å². The monoisotopic (exact) mass is 171 g/mol. The molecule has 0 aliphatic heterocycles. The Hall–Kier alpha value is -0.940. The molecule has 0 unspecified atom stereocenters. The molecule has 0 saturated heterocycles. The highest BCUT2D eigenvalue weighted by molar-refractivity contribution is 4.82. The molecule has 1 rings (SSSR count). The van der Waals surface area contributed by atoms with Crippen molar-refractivity contribution in [3.63, 3.8) is 0 Å². The van der Waals surface area contributed by atoms with Crippen LogP contribution < -0.4 is 5.32 Å². The molecule has 5 heteroatoms. The smallest absolute Gasteiger partial charge is 0.223 e. The Labute approximate surface area is 70.8 Å². The number of nitrogens with zero attached hydrogens (tertiary/aromatic N) is 2. The van der Waals surface area contributed by atoms with Gasteiger partial charge in [0, 0.05) is 13.5 Å².